The van der Waals surface area contributed by atoms with Crippen LogP contribution >= 0.6 is 11.8 Å². The molecular weight excluding hydrogens is 435 g/mol. The van der Waals surface area contributed by atoms with Gasteiger partial charge in [-0.2, -0.15) is 4.98 Å². The van der Waals surface area contributed by atoms with Gasteiger partial charge in [-0.1, -0.05) is 65.9 Å². The molecule has 5 nitrogen and oxygen atoms in total. The molecule has 0 unspecified atom stereocenters. The van der Waals surface area contributed by atoms with Crippen molar-refractivity contribution in [3.63, 3.8) is 0 Å². The van der Waals surface area contributed by atoms with Gasteiger partial charge in [0.15, 0.2) is 0 Å². The van der Waals surface area contributed by atoms with Gasteiger partial charge in [0.05, 0.1) is 5.70 Å². The summed E-state index contributed by atoms with van der Waals surface area (Å²) in [5, 5.41) is 9.02. The van der Waals surface area contributed by atoms with Gasteiger partial charge in [0.2, 0.25) is 11.1 Å². The number of nitrogens with zero attached hydrogens (tertiary/aromatic N) is 3. The highest BCUT2D eigenvalue weighted by Gasteiger charge is 2.41. The maximum atomic E-state index is 13.8. The Bertz CT molecular complexity index is 1380. The van der Waals surface area contributed by atoms with E-state index in [2.05, 4.69) is 36.5 Å². The fourth-order valence-electron chi connectivity index (χ4n) is 4.53. The number of hydrogen-bond donors (Lipinski definition) is 1. The molecule has 0 radical (unpaired) electrons. The van der Waals surface area contributed by atoms with E-state index >= 15 is 0 Å². The maximum absolute atomic E-state index is 13.8. The van der Waals surface area contributed by atoms with Gasteiger partial charge in [0.25, 0.3) is 0 Å². The minimum Gasteiger partial charge on any atom is -0.480 e. The zero-order valence-corrected chi connectivity index (χ0v) is 18.9. The molecule has 0 amide bonds. The SMILES string of the molecule is CSc1nc2n(n1)[C@@H](c1ccc(C)cc1)C1=C(N2)c2ccccc2O[C@@H]1c1ccc(F)cc1. The Balaban J connectivity index is 1.62. The Morgan fingerprint density at radius 1 is 0.970 bits per heavy atom. The summed E-state index contributed by atoms with van der Waals surface area (Å²) in [6.45, 7) is 2.07. The van der Waals surface area contributed by atoms with Crippen molar-refractivity contribution in [2.45, 2.75) is 24.2 Å². The predicted octanol–water partition coefficient (Wildman–Crippen LogP) is 6.01. The molecule has 2 aliphatic heterocycles. The van der Waals surface area contributed by atoms with Crippen LogP contribution in [0.4, 0.5) is 10.3 Å². The second-order valence-electron chi connectivity index (χ2n) is 8.18. The molecule has 2 atom stereocenters. The molecular formula is C26H21FN4OS. The van der Waals surface area contributed by atoms with Crippen molar-refractivity contribution in [1.29, 1.82) is 0 Å². The van der Waals surface area contributed by atoms with E-state index in [0.717, 1.165) is 33.7 Å². The average molecular weight is 457 g/mol. The number of fused-ring (bicyclic) bond motifs is 3. The van der Waals surface area contributed by atoms with E-state index in [1.54, 1.807) is 12.1 Å². The summed E-state index contributed by atoms with van der Waals surface area (Å²) in [5.41, 5.74) is 6.11. The summed E-state index contributed by atoms with van der Waals surface area (Å²) < 4.78 is 22.3. The van der Waals surface area contributed by atoms with Gasteiger partial charge < -0.3 is 10.1 Å². The fourth-order valence-corrected chi connectivity index (χ4v) is 4.87. The standard InChI is InChI=1S/C26H21FN4OS/c1-15-7-9-16(10-8-15)23-21-22(28-25-29-26(33-2)30-31(23)25)19-5-3-4-6-20(19)32-24(21)17-11-13-18(27)14-12-17/h3-14,23-24H,1-2H3,(H,28,29,30)/t23-,24+/m0/s1. The number of aromatic nitrogens is 3. The monoisotopic (exact) mass is 456 g/mol. The van der Waals surface area contributed by atoms with E-state index in [0.29, 0.717) is 11.1 Å². The van der Waals surface area contributed by atoms with E-state index in [1.807, 2.05) is 35.2 Å². The van der Waals surface area contributed by atoms with Crippen LogP contribution in [0.15, 0.2) is 83.5 Å². The van der Waals surface area contributed by atoms with Crippen molar-refractivity contribution < 1.29 is 9.13 Å². The zero-order valence-electron chi connectivity index (χ0n) is 18.1. The normalized spacial score (nSPS) is 18.6. The van der Waals surface area contributed by atoms with Crippen LogP contribution in [0.2, 0.25) is 0 Å². The topological polar surface area (TPSA) is 52.0 Å². The van der Waals surface area contributed by atoms with Crippen LogP contribution in [0, 0.1) is 12.7 Å². The number of aryl methyl sites for hydroxylation is 1. The van der Waals surface area contributed by atoms with Gasteiger partial charge in [-0.15, -0.1) is 5.10 Å². The molecule has 0 saturated carbocycles. The Morgan fingerprint density at radius 3 is 2.45 bits per heavy atom. The highest BCUT2D eigenvalue weighted by atomic mass is 32.2. The van der Waals surface area contributed by atoms with Crippen LogP contribution in [0.5, 0.6) is 5.75 Å². The highest BCUT2D eigenvalue weighted by molar-refractivity contribution is 7.98. The molecule has 4 aromatic rings. The van der Waals surface area contributed by atoms with Crippen LogP contribution in [-0.2, 0) is 0 Å². The number of benzene rings is 3. The number of ether oxygens (including phenoxy) is 1. The van der Waals surface area contributed by atoms with Crippen molar-refractivity contribution in [2.24, 2.45) is 0 Å². The summed E-state index contributed by atoms with van der Waals surface area (Å²) in [6.07, 6.45) is 1.55. The van der Waals surface area contributed by atoms with Crippen LogP contribution in [-0.4, -0.2) is 21.0 Å². The molecule has 1 aromatic heterocycles. The van der Waals surface area contributed by atoms with E-state index in [4.69, 9.17) is 14.8 Å². The Kier molecular flexibility index (Phi) is 4.73. The molecule has 0 bridgehead atoms. The number of rotatable bonds is 3. The van der Waals surface area contributed by atoms with Gasteiger partial charge in [-0.25, -0.2) is 9.07 Å². The van der Waals surface area contributed by atoms with Crippen LogP contribution < -0.4 is 10.1 Å². The first-order chi connectivity index (χ1) is 16.1. The fraction of sp³-hybridized carbons (Fsp3) is 0.154. The molecule has 164 valence electrons. The molecule has 3 heterocycles. The van der Waals surface area contributed by atoms with Gasteiger partial charge in [-0.05, 0) is 48.6 Å². The molecule has 2 aliphatic rings. The lowest BCUT2D eigenvalue weighted by Crippen LogP contribution is -2.32. The highest BCUT2D eigenvalue weighted by Crippen LogP contribution is 2.50. The van der Waals surface area contributed by atoms with E-state index in [9.17, 15) is 4.39 Å². The maximum Gasteiger partial charge on any atom is 0.227 e. The predicted molar refractivity (Wildman–Crippen MR) is 128 cm³/mol. The molecule has 7 heteroatoms. The lowest BCUT2D eigenvalue weighted by molar-refractivity contribution is 0.223. The number of anilines is 1. The third kappa shape index (κ3) is 3.31. The van der Waals surface area contributed by atoms with Gasteiger partial charge in [0.1, 0.15) is 23.7 Å². The zero-order chi connectivity index (χ0) is 22.5. The van der Waals surface area contributed by atoms with Crippen LogP contribution in [0.25, 0.3) is 5.70 Å². The van der Waals surface area contributed by atoms with Crippen LogP contribution in [0.3, 0.4) is 0 Å². The largest absolute Gasteiger partial charge is 0.480 e. The lowest BCUT2D eigenvalue weighted by atomic mass is 9.84. The summed E-state index contributed by atoms with van der Waals surface area (Å²) in [5.74, 6) is 1.20. The van der Waals surface area contributed by atoms with E-state index in [-0.39, 0.29) is 11.9 Å². The minimum atomic E-state index is -0.413. The molecule has 0 saturated heterocycles. The Hall–Kier alpha value is -3.58. The third-order valence-electron chi connectivity index (χ3n) is 6.11. The van der Waals surface area contributed by atoms with Crippen molar-refractivity contribution in [2.75, 3.05) is 11.6 Å². The second kappa shape index (κ2) is 7.78. The molecule has 33 heavy (non-hydrogen) atoms. The molecule has 0 fully saturated rings. The average Bonchev–Trinajstić information content (AvgIpc) is 3.26. The summed E-state index contributed by atoms with van der Waals surface area (Å²) in [4.78, 5) is 4.72. The van der Waals surface area contributed by atoms with Gasteiger partial charge in [0, 0.05) is 11.1 Å². The number of hydrogen-bond acceptors (Lipinski definition) is 5. The van der Waals surface area contributed by atoms with E-state index < -0.39 is 6.10 Å². The van der Waals surface area contributed by atoms with Crippen molar-refractivity contribution in [1.82, 2.24) is 14.8 Å². The minimum absolute atomic E-state index is 0.228. The van der Waals surface area contributed by atoms with Crippen molar-refractivity contribution in [3.05, 3.63) is 106 Å². The van der Waals surface area contributed by atoms with Crippen molar-refractivity contribution >= 4 is 23.4 Å². The lowest BCUT2D eigenvalue weighted by Gasteiger charge is -2.39. The first-order valence-corrected chi connectivity index (χ1v) is 11.9. The quantitative estimate of drug-likeness (QED) is 0.383. The first-order valence-electron chi connectivity index (χ1n) is 10.7. The molecule has 1 N–H and O–H groups in total. The molecule has 0 spiro atoms. The molecule has 6 rings (SSSR count). The summed E-state index contributed by atoms with van der Waals surface area (Å²) in [7, 11) is 0. The van der Waals surface area contributed by atoms with Gasteiger partial charge in [-0.3, -0.25) is 0 Å². The smallest absolute Gasteiger partial charge is 0.227 e. The van der Waals surface area contributed by atoms with E-state index in [1.165, 1.54) is 29.5 Å². The second-order valence-corrected chi connectivity index (χ2v) is 8.95. The van der Waals surface area contributed by atoms with Gasteiger partial charge >= 0.3 is 0 Å². The molecule has 3 aromatic carbocycles. The Labute approximate surface area is 195 Å². The number of para-hydroxylation sites is 1. The summed E-state index contributed by atoms with van der Waals surface area (Å²) >= 11 is 1.51. The first kappa shape index (κ1) is 20.1. The third-order valence-corrected chi connectivity index (χ3v) is 6.65. The number of thioether (sulfide) groups is 1. The Morgan fingerprint density at radius 2 is 1.70 bits per heavy atom. The van der Waals surface area contributed by atoms with Crippen LogP contribution in [0.1, 0.15) is 34.4 Å². The molecule has 0 aliphatic carbocycles. The summed E-state index contributed by atoms with van der Waals surface area (Å²) in [6, 6.07) is 22.7. The van der Waals surface area contributed by atoms with Crippen molar-refractivity contribution in [3.8, 4) is 5.75 Å². The number of nitrogens with one attached hydrogen (secondary N) is 1. The number of halogens is 1.